The normalized spacial score (nSPS) is 13.3. The van der Waals surface area contributed by atoms with Gasteiger partial charge in [-0.15, -0.1) is 0 Å². The molecular weight excluding hydrogens is 212 g/mol. The summed E-state index contributed by atoms with van der Waals surface area (Å²) >= 11 is 0. The van der Waals surface area contributed by atoms with Crippen LogP contribution in [0.4, 0.5) is 4.79 Å². The van der Waals surface area contributed by atoms with Crippen LogP contribution in [0, 0.1) is 0 Å². The zero-order valence-corrected chi connectivity index (χ0v) is 10.3. The third kappa shape index (κ3) is 7.84. The maximum Gasteiger partial charge on any atom is 0.509 e. The molecule has 1 atom stereocenters. The molecule has 0 amide bonds. The molecule has 16 heavy (non-hydrogen) atoms. The number of esters is 1. The first-order chi connectivity index (χ1) is 7.24. The number of rotatable bonds is 3. The van der Waals surface area contributed by atoms with Gasteiger partial charge in [0, 0.05) is 6.08 Å². The molecule has 0 rings (SSSR count). The molecule has 1 unspecified atom stereocenters. The lowest BCUT2D eigenvalue weighted by Gasteiger charge is -2.19. The minimum Gasteiger partial charge on any atom is -0.466 e. The Kier molecular flexibility index (Phi) is 5.56. The molecule has 0 aromatic carbocycles. The van der Waals surface area contributed by atoms with Gasteiger partial charge in [0.05, 0.1) is 7.11 Å². The Balaban J connectivity index is 4.06. The van der Waals surface area contributed by atoms with E-state index in [9.17, 15) is 9.59 Å². The second-order valence-corrected chi connectivity index (χ2v) is 4.17. The van der Waals surface area contributed by atoms with Crippen molar-refractivity contribution in [2.24, 2.45) is 0 Å². The van der Waals surface area contributed by atoms with Crippen LogP contribution in [0.2, 0.25) is 0 Å². The van der Waals surface area contributed by atoms with Crippen LogP contribution in [0.15, 0.2) is 12.2 Å². The molecule has 0 saturated heterocycles. The first-order valence-corrected chi connectivity index (χ1v) is 4.90. The van der Waals surface area contributed by atoms with Gasteiger partial charge < -0.3 is 14.2 Å². The van der Waals surface area contributed by atoms with E-state index in [0.717, 1.165) is 0 Å². The van der Waals surface area contributed by atoms with Crippen molar-refractivity contribution in [1.29, 1.82) is 0 Å². The Morgan fingerprint density at radius 3 is 2.25 bits per heavy atom. The van der Waals surface area contributed by atoms with Crippen LogP contribution in [0.1, 0.15) is 27.7 Å². The van der Waals surface area contributed by atoms with Crippen molar-refractivity contribution >= 4 is 12.1 Å². The van der Waals surface area contributed by atoms with Crippen molar-refractivity contribution in [1.82, 2.24) is 0 Å². The highest BCUT2D eigenvalue weighted by Crippen LogP contribution is 2.09. The van der Waals surface area contributed by atoms with Crippen LogP contribution >= 0.6 is 0 Å². The highest BCUT2D eigenvalue weighted by atomic mass is 16.7. The average Bonchev–Trinajstić information content (AvgIpc) is 2.10. The summed E-state index contributed by atoms with van der Waals surface area (Å²) in [5, 5.41) is 0. The van der Waals surface area contributed by atoms with E-state index in [-0.39, 0.29) is 0 Å². The monoisotopic (exact) mass is 230 g/mol. The van der Waals surface area contributed by atoms with Crippen molar-refractivity contribution in [3.05, 3.63) is 12.2 Å². The summed E-state index contributed by atoms with van der Waals surface area (Å²) in [6, 6.07) is 0. The summed E-state index contributed by atoms with van der Waals surface area (Å²) in [5.41, 5.74) is -0.594. The third-order valence-electron chi connectivity index (χ3n) is 1.38. The molecule has 0 aromatic rings. The molecule has 0 radical (unpaired) electrons. The van der Waals surface area contributed by atoms with Crippen molar-refractivity contribution in [2.45, 2.75) is 39.4 Å². The first-order valence-electron chi connectivity index (χ1n) is 4.90. The Morgan fingerprint density at radius 2 is 1.81 bits per heavy atom. The van der Waals surface area contributed by atoms with Gasteiger partial charge in [-0.2, -0.15) is 0 Å². The standard InChI is InChI=1S/C11H18O5/c1-8(6-7-9(12)14-5)15-10(13)16-11(2,3)4/h6-8H,1-5H3/b7-6-. The van der Waals surface area contributed by atoms with Gasteiger partial charge in [-0.3, -0.25) is 0 Å². The van der Waals surface area contributed by atoms with E-state index in [1.807, 2.05) is 0 Å². The molecule has 0 aliphatic heterocycles. The van der Waals surface area contributed by atoms with Crippen LogP contribution in [-0.2, 0) is 19.0 Å². The predicted molar refractivity (Wildman–Crippen MR) is 57.9 cm³/mol. The molecule has 5 nitrogen and oxygen atoms in total. The molecular formula is C11H18O5. The Morgan fingerprint density at radius 1 is 1.25 bits per heavy atom. The SMILES string of the molecule is COC(=O)/C=C\C(C)OC(=O)OC(C)(C)C. The Bertz CT molecular complexity index is 275. The maximum atomic E-state index is 11.2. The lowest BCUT2D eigenvalue weighted by atomic mass is 10.2. The summed E-state index contributed by atoms with van der Waals surface area (Å²) in [7, 11) is 1.27. The minimum absolute atomic E-state index is 0.500. The van der Waals surface area contributed by atoms with E-state index in [0.29, 0.717) is 0 Å². The first kappa shape index (κ1) is 14.5. The third-order valence-corrected chi connectivity index (χ3v) is 1.38. The second-order valence-electron chi connectivity index (χ2n) is 4.17. The highest BCUT2D eigenvalue weighted by molar-refractivity contribution is 5.81. The van der Waals surface area contributed by atoms with E-state index in [1.165, 1.54) is 19.3 Å². The van der Waals surface area contributed by atoms with Crippen LogP contribution < -0.4 is 0 Å². The van der Waals surface area contributed by atoms with Crippen LogP contribution in [0.25, 0.3) is 0 Å². The number of carbonyl (C=O) groups is 2. The summed E-state index contributed by atoms with van der Waals surface area (Å²) in [6.07, 6.45) is 1.29. The molecule has 92 valence electrons. The molecule has 0 aromatic heterocycles. The van der Waals surface area contributed by atoms with Gasteiger partial charge in [0.15, 0.2) is 0 Å². The molecule has 0 aliphatic carbocycles. The van der Waals surface area contributed by atoms with Crippen molar-refractivity contribution in [2.75, 3.05) is 7.11 Å². The molecule has 5 heteroatoms. The summed E-state index contributed by atoms with van der Waals surface area (Å²) < 4.78 is 14.2. The molecule has 0 aliphatic rings. The Labute approximate surface area is 95.4 Å². The van der Waals surface area contributed by atoms with E-state index in [1.54, 1.807) is 27.7 Å². The second kappa shape index (κ2) is 6.15. The number of carbonyl (C=O) groups excluding carboxylic acids is 2. The Hall–Kier alpha value is -1.52. The smallest absolute Gasteiger partial charge is 0.466 e. The van der Waals surface area contributed by atoms with Crippen molar-refractivity contribution in [3.8, 4) is 0 Å². The topological polar surface area (TPSA) is 61.8 Å². The maximum absolute atomic E-state index is 11.2. The zero-order chi connectivity index (χ0) is 12.8. The minimum atomic E-state index is -0.769. The van der Waals surface area contributed by atoms with Gasteiger partial charge >= 0.3 is 12.1 Å². The molecule has 0 bridgehead atoms. The average molecular weight is 230 g/mol. The van der Waals surface area contributed by atoms with Crippen molar-refractivity contribution < 1.29 is 23.8 Å². The van der Waals surface area contributed by atoms with Gasteiger partial charge in [0.25, 0.3) is 0 Å². The number of hydrogen-bond donors (Lipinski definition) is 0. The summed E-state index contributed by atoms with van der Waals surface area (Å²) in [6.45, 7) is 6.83. The van der Waals surface area contributed by atoms with Gasteiger partial charge in [-0.25, -0.2) is 9.59 Å². The fourth-order valence-corrected chi connectivity index (χ4v) is 0.747. The predicted octanol–water partition coefficient (Wildman–Crippen LogP) is 2.06. The van der Waals surface area contributed by atoms with Crippen LogP contribution in [0.5, 0.6) is 0 Å². The summed E-state index contributed by atoms with van der Waals surface area (Å²) in [4.78, 5) is 21.9. The van der Waals surface area contributed by atoms with Gasteiger partial charge in [-0.05, 0) is 33.8 Å². The lowest BCUT2D eigenvalue weighted by molar-refractivity contribution is -0.134. The molecule has 0 saturated carbocycles. The van der Waals surface area contributed by atoms with E-state index in [4.69, 9.17) is 9.47 Å². The van der Waals surface area contributed by atoms with E-state index in [2.05, 4.69) is 4.74 Å². The molecule has 0 N–H and O–H groups in total. The molecule has 0 spiro atoms. The van der Waals surface area contributed by atoms with Crippen LogP contribution in [0.3, 0.4) is 0 Å². The molecule has 0 fully saturated rings. The highest BCUT2D eigenvalue weighted by Gasteiger charge is 2.18. The number of methoxy groups -OCH3 is 1. The van der Waals surface area contributed by atoms with E-state index >= 15 is 0 Å². The van der Waals surface area contributed by atoms with Crippen LogP contribution in [-0.4, -0.2) is 30.9 Å². The van der Waals surface area contributed by atoms with Gasteiger partial charge in [0.1, 0.15) is 11.7 Å². The summed E-state index contributed by atoms with van der Waals surface area (Å²) in [5.74, 6) is -0.500. The zero-order valence-electron chi connectivity index (χ0n) is 10.3. The fourth-order valence-electron chi connectivity index (χ4n) is 0.747. The lowest BCUT2D eigenvalue weighted by Crippen LogP contribution is -2.26. The quantitative estimate of drug-likeness (QED) is 0.548. The largest absolute Gasteiger partial charge is 0.509 e. The fraction of sp³-hybridized carbons (Fsp3) is 0.636. The van der Waals surface area contributed by atoms with Gasteiger partial charge in [0.2, 0.25) is 0 Å². The van der Waals surface area contributed by atoms with E-state index < -0.39 is 23.8 Å². The van der Waals surface area contributed by atoms with Crippen molar-refractivity contribution in [3.63, 3.8) is 0 Å². The number of hydrogen-bond acceptors (Lipinski definition) is 5. The van der Waals surface area contributed by atoms with Gasteiger partial charge in [-0.1, -0.05) is 0 Å². The molecule has 0 heterocycles. The number of ether oxygens (including phenoxy) is 3.